The molecule has 374 valence electrons. The maximum absolute atomic E-state index is 2.49. The van der Waals surface area contributed by atoms with Crippen LogP contribution in [0.25, 0.3) is 82.2 Å². The van der Waals surface area contributed by atoms with Gasteiger partial charge in [0.25, 0.3) is 0 Å². The second kappa shape index (κ2) is 27.4. The number of thiophene rings is 6. The van der Waals surface area contributed by atoms with Crippen LogP contribution < -0.4 is 0 Å². The Labute approximate surface area is 456 Å². The van der Waals surface area contributed by atoms with Gasteiger partial charge in [-0.15, -0.1) is 68.0 Å². The van der Waals surface area contributed by atoms with Crippen LogP contribution in [-0.4, -0.2) is 0 Å². The van der Waals surface area contributed by atoms with E-state index in [1.165, 1.54) is 227 Å². The Kier molecular flexibility index (Phi) is 20.1. The highest BCUT2D eigenvalue weighted by atomic mass is 32.1. The molecule has 0 amide bonds. The molecule has 0 atom stereocenters. The molecule has 6 heterocycles. The predicted molar refractivity (Wildman–Crippen MR) is 328 cm³/mol. The molecule has 0 unspecified atom stereocenters. The van der Waals surface area contributed by atoms with E-state index >= 15 is 0 Å². The molecule has 0 aliphatic rings. The summed E-state index contributed by atoms with van der Waals surface area (Å²) in [6.07, 6.45) is 27.6. The molecule has 0 fully saturated rings. The molecule has 0 aliphatic carbocycles. The Morgan fingerprint density at radius 3 is 1.10 bits per heavy atom. The van der Waals surface area contributed by atoms with Gasteiger partial charge in [-0.1, -0.05) is 196 Å². The summed E-state index contributed by atoms with van der Waals surface area (Å²) in [5, 5.41) is 4.49. The van der Waals surface area contributed by atoms with Crippen LogP contribution in [0.2, 0.25) is 0 Å². The zero-order valence-corrected chi connectivity index (χ0v) is 48.0. The van der Waals surface area contributed by atoms with Crippen LogP contribution in [0.3, 0.4) is 0 Å². The minimum Gasteiger partial charge on any atom is -0.143 e. The molecule has 0 saturated carbocycles. The Hall–Kier alpha value is -4.14. The summed E-state index contributed by atoms with van der Waals surface area (Å²) < 4.78 is 0. The second-order valence-corrected chi connectivity index (χ2v) is 26.0. The normalized spacial score (nSPS) is 11.6. The van der Waals surface area contributed by atoms with Crippen molar-refractivity contribution in [2.45, 2.75) is 156 Å². The summed E-state index contributed by atoms with van der Waals surface area (Å²) in [6, 6.07) is 49.8. The first-order valence-electron chi connectivity index (χ1n) is 27.5. The zero-order chi connectivity index (χ0) is 49.3. The van der Waals surface area contributed by atoms with Crippen molar-refractivity contribution in [1.82, 2.24) is 0 Å². The maximum atomic E-state index is 2.49. The first-order chi connectivity index (χ1) is 35.6. The average molecular weight is 1060 g/mol. The lowest BCUT2D eigenvalue weighted by Gasteiger charge is -2.06. The molecular weight excluding hydrogens is 985 g/mol. The van der Waals surface area contributed by atoms with Gasteiger partial charge in [0.2, 0.25) is 0 Å². The Morgan fingerprint density at radius 2 is 0.667 bits per heavy atom. The molecule has 3 aromatic carbocycles. The lowest BCUT2D eigenvalue weighted by molar-refractivity contribution is 0.607. The quantitative estimate of drug-likeness (QED) is 0.0410. The molecule has 9 rings (SSSR count). The van der Waals surface area contributed by atoms with Gasteiger partial charge < -0.3 is 0 Å². The van der Waals surface area contributed by atoms with E-state index in [4.69, 9.17) is 0 Å². The first-order valence-corrected chi connectivity index (χ1v) is 32.5. The highest BCUT2D eigenvalue weighted by Gasteiger charge is 2.21. The van der Waals surface area contributed by atoms with Crippen LogP contribution in [0, 0.1) is 0 Å². The number of aryl methyl sites for hydroxylation is 3. The number of hydrogen-bond acceptors (Lipinski definition) is 6. The molecule has 0 saturated heterocycles. The maximum Gasteiger partial charge on any atom is 0.0528 e. The third-order valence-electron chi connectivity index (χ3n) is 14.3. The summed E-state index contributed by atoms with van der Waals surface area (Å²) in [4.78, 5) is 13.5. The van der Waals surface area contributed by atoms with E-state index in [9.17, 15) is 0 Å². The fourth-order valence-electron chi connectivity index (χ4n) is 10.0. The fraction of sp³-hybridized carbons (Fsp3) is 0.364. The Bertz CT molecular complexity index is 2960. The van der Waals surface area contributed by atoms with Gasteiger partial charge in [0.1, 0.15) is 0 Å². The molecule has 72 heavy (non-hydrogen) atoms. The van der Waals surface area contributed by atoms with Crippen molar-refractivity contribution in [2.24, 2.45) is 0 Å². The molecule has 0 nitrogen and oxygen atoms in total. The van der Waals surface area contributed by atoms with Crippen LogP contribution in [0.4, 0.5) is 0 Å². The molecule has 0 aliphatic heterocycles. The Morgan fingerprint density at radius 1 is 0.278 bits per heavy atom. The molecule has 0 spiro atoms. The summed E-state index contributed by atoms with van der Waals surface area (Å²) >= 11 is 11.5. The van der Waals surface area contributed by atoms with Gasteiger partial charge in [-0.25, -0.2) is 0 Å². The highest BCUT2D eigenvalue weighted by molar-refractivity contribution is 7.30. The molecule has 0 radical (unpaired) electrons. The summed E-state index contributed by atoms with van der Waals surface area (Å²) in [5.41, 5.74) is 12.4. The van der Waals surface area contributed by atoms with Crippen LogP contribution in [-0.2, 0) is 19.3 Å². The number of hydrogen-bond donors (Lipinski definition) is 0. The molecule has 6 aromatic heterocycles. The molecular formula is C66H74S6. The predicted octanol–water partition coefficient (Wildman–Crippen LogP) is 24.1. The standard InChI is InChI=1S/C66H74S6/c1-4-7-10-13-16-19-23-48-27-33-51(34-28-48)54-43-45-68-64(54)60-41-39-57(69-60)63-47-56(53-37-31-50(32-38-53)25-21-18-15-12-9-6-3)66(72-63)61-42-40-58(70-61)62-46-55(65(71-62)59-26-22-44-67-59)52-35-29-49(30-36-52)24-20-17-14-11-8-5-2/h22,26-47H,4-21,23-25H2,1-3H3. The van der Waals surface area contributed by atoms with Crippen molar-refractivity contribution in [2.75, 3.05) is 0 Å². The molecule has 6 heteroatoms. The van der Waals surface area contributed by atoms with Crippen molar-refractivity contribution in [3.63, 3.8) is 0 Å². The lowest BCUT2D eigenvalue weighted by atomic mass is 10.0. The zero-order valence-electron chi connectivity index (χ0n) is 43.1. The fourth-order valence-corrected chi connectivity index (χ4v) is 16.6. The summed E-state index contributed by atoms with van der Waals surface area (Å²) in [6.45, 7) is 6.89. The van der Waals surface area contributed by atoms with E-state index < -0.39 is 0 Å². The summed E-state index contributed by atoms with van der Waals surface area (Å²) in [5.74, 6) is 0. The van der Waals surface area contributed by atoms with Crippen molar-refractivity contribution < 1.29 is 0 Å². The van der Waals surface area contributed by atoms with Crippen molar-refractivity contribution in [3.05, 3.63) is 155 Å². The third-order valence-corrected chi connectivity index (χ3v) is 21.4. The van der Waals surface area contributed by atoms with Crippen molar-refractivity contribution >= 4 is 68.0 Å². The van der Waals surface area contributed by atoms with Gasteiger partial charge in [0, 0.05) is 50.8 Å². The van der Waals surface area contributed by atoms with E-state index in [0.29, 0.717) is 0 Å². The topological polar surface area (TPSA) is 0 Å². The largest absolute Gasteiger partial charge is 0.143 e. The average Bonchev–Trinajstić information content (AvgIpc) is 4.28. The van der Waals surface area contributed by atoms with Gasteiger partial charge in [0.15, 0.2) is 0 Å². The van der Waals surface area contributed by atoms with E-state index in [1.807, 2.05) is 68.0 Å². The van der Waals surface area contributed by atoms with E-state index in [0.717, 1.165) is 6.42 Å². The summed E-state index contributed by atoms with van der Waals surface area (Å²) in [7, 11) is 0. The number of rotatable bonds is 29. The number of benzene rings is 3. The minimum atomic E-state index is 1.16. The first kappa shape index (κ1) is 52.7. The number of unbranched alkanes of at least 4 members (excludes halogenated alkanes) is 15. The van der Waals surface area contributed by atoms with E-state index in [-0.39, 0.29) is 0 Å². The van der Waals surface area contributed by atoms with Gasteiger partial charge >= 0.3 is 0 Å². The molecule has 0 N–H and O–H groups in total. The van der Waals surface area contributed by atoms with Crippen LogP contribution in [0.1, 0.15) is 153 Å². The SMILES string of the molecule is CCCCCCCCc1ccc(-c2ccsc2-c2ccc(-c3cc(-c4ccc(CCCCCCCC)cc4)c(-c4ccc(-c5cc(-c6ccc(CCCCCCCC)cc6)c(-c6cccs6)s5)s4)s3)s2)cc1. The Balaban J connectivity index is 0.974. The van der Waals surface area contributed by atoms with Gasteiger partial charge in [-0.2, -0.15) is 0 Å². The van der Waals surface area contributed by atoms with Crippen LogP contribution in [0.5, 0.6) is 0 Å². The molecule has 0 bridgehead atoms. The highest BCUT2D eigenvalue weighted by Crippen LogP contribution is 2.52. The third kappa shape index (κ3) is 14.0. The van der Waals surface area contributed by atoms with Gasteiger partial charge in [0.05, 0.1) is 14.6 Å². The minimum absolute atomic E-state index is 1.16. The van der Waals surface area contributed by atoms with Crippen molar-refractivity contribution in [1.29, 1.82) is 0 Å². The van der Waals surface area contributed by atoms with Crippen LogP contribution >= 0.6 is 68.0 Å². The van der Waals surface area contributed by atoms with Crippen LogP contribution in [0.15, 0.2) is 138 Å². The van der Waals surface area contributed by atoms with Crippen molar-refractivity contribution in [3.8, 4) is 82.2 Å². The van der Waals surface area contributed by atoms with Gasteiger partial charge in [-0.3, -0.25) is 0 Å². The monoisotopic (exact) mass is 1060 g/mol. The molecule has 9 aromatic rings. The lowest BCUT2D eigenvalue weighted by Crippen LogP contribution is -1.87. The second-order valence-electron chi connectivity index (χ2n) is 19.8. The van der Waals surface area contributed by atoms with Gasteiger partial charge in [-0.05, 0) is 131 Å². The van der Waals surface area contributed by atoms with E-state index in [2.05, 4.69) is 159 Å². The smallest absolute Gasteiger partial charge is 0.0528 e. The van der Waals surface area contributed by atoms with E-state index in [1.54, 1.807) is 0 Å².